The Morgan fingerprint density at radius 2 is 2.11 bits per heavy atom. The lowest BCUT2D eigenvalue weighted by Crippen LogP contribution is -2.09. The number of nitrogens with one attached hydrogen (secondary N) is 1. The van der Waals surface area contributed by atoms with Gasteiger partial charge in [0.25, 0.3) is 0 Å². The number of sulfone groups is 1. The molecule has 7 heteroatoms. The number of para-hydroxylation sites is 1. The molecule has 0 bridgehead atoms. The van der Waals surface area contributed by atoms with Gasteiger partial charge in [0.15, 0.2) is 16.2 Å². The second-order valence-corrected chi connectivity index (χ2v) is 5.76. The predicted molar refractivity (Wildman–Crippen MR) is 66.0 cm³/mol. The van der Waals surface area contributed by atoms with E-state index in [4.69, 9.17) is 4.52 Å². The van der Waals surface area contributed by atoms with Crippen molar-refractivity contribution in [3.8, 4) is 0 Å². The highest BCUT2D eigenvalue weighted by atomic mass is 32.2. The van der Waals surface area contributed by atoms with Gasteiger partial charge in [-0.25, -0.2) is 8.42 Å². The standard InChI is InChI=1S/C11H13N3O3S/c1-18(15,16)10-5-3-2-4-9(10)12-7-6-11-13-8-14-17-11/h2-5,8,12H,6-7H2,1H3. The second-order valence-electron chi connectivity index (χ2n) is 3.78. The van der Waals surface area contributed by atoms with Gasteiger partial charge in [0.2, 0.25) is 5.89 Å². The van der Waals surface area contributed by atoms with Gasteiger partial charge in [-0.05, 0) is 12.1 Å². The van der Waals surface area contributed by atoms with E-state index in [2.05, 4.69) is 15.5 Å². The van der Waals surface area contributed by atoms with Gasteiger partial charge in [0, 0.05) is 19.2 Å². The first-order chi connectivity index (χ1) is 8.57. The molecule has 1 heterocycles. The van der Waals surface area contributed by atoms with E-state index < -0.39 is 9.84 Å². The van der Waals surface area contributed by atoms with Crippen LogP contribution in [-0.2, 0) is 16.3 Å². The lowest BCUT2D eigenvalue weighted by molar-refractivity contribution is 0.380. The van der Waals surface area contributed by atoms with Gasteiger partial charge < -0.3 is 9.84 Å². The van der Waals surface area contributed by atoms with Crippen LogP contribution in [-0.4, -0.2) is 31.4 Å². The van der Waals surface area contributed by atoms with Gasteiger partial charge in [-0.3, -0.25) is 0 Å². The monoisotopic (exact) mass is 267 g/mol. The molecule has 2 rings (SSSR count). The summed E-state index contributed by atoms with van der Waals surface area (Å²) in [5.74, 6) is 0.513. The van der Waals surface area contributed by atoms with Crippen molar-refractivity contribution >= 4 is 15.5 Å². The van der Waals surface area contributed by atoms with Crippen molar-refractivity contribution in [2.75, 3.05) is 18.1 Å². The number of aromatic nitrogens is 2. The molecule has 0 fully saturated rings. The highest BCUT2D eigenvalue weighted by Crippen LogP contribution is 2.20. The first kappa shape index (κ1) is 12.6. The van der Waals surface area contributed by atoms with Crippen molar-refractivity contribution in [2.45, 2.75) is 11.3 Å². The topological polar surface area (TPSA) is 85.1 Å². The Morgan fingerprint density at radius 1 is 1.33 bits per heavy atom. The molecule has 0 aliphatic carbocycles. The first-order valence-electron chi connectivity index (χ1n) is 5.36. The van der Waals surface area contributed by atoms with Crippen molar-refractivity contribution in [3.63, 3.8) is 0 Å². The third kappa shape index (κ3) is 3.07. The van der Waals surface area contributed by atoms with Crippen LogP contribution < -0.4 is 5.32 Å². The maximum Gasteiger partial charge on any atom is 0.228 e. The Morgan fingerprint density at radius 3 is 2.78 bits per heavy atom. The molecule has 0 amide bonds. The number of nitrogens with zero attached hydrogens (tertiary/aromatic N) is 2. The highest BCUT2D eigenvalue weighted by molar-refractivity contribution is 7.90. The molecule has 0 spiro atoms. The summed E-state index contributed by atoms with van der Waals surface area (Å²) in [6.45, 7) is 0.523. The molecule has 0 saturated heterocycles. The minimum atomic E-state index is -3.23. The Hall–Kier alpha value is -1.89. The summed E-state index contributed by atoms with van der Waals surface area (Å²) < 4.78 is 28.0. The van der Waals surface area contributed by atoms with E-state index in [0.29, 0.717) is 24.5 Å². The summed E-state index contributed by atoms with van der Waals surface area (Å²) in [4.78, 5) is 4.17. The van der Waals surface area contributed by atoms with Crippen LogP contribution in [0.15, 0.2) is 40.0 Å². The fraction of sp³-hybridized carbons (Fsp3) is 0.273. The summed E-state index contributed by atoms with van der Waals surface area (Å²) in [5.41, 5.74) is 0.583. The lowest BCUT2D eigenvalue weighted by atomic mass is 10.3. The third-order valence-electron chi connectivity index (χ3n) is 2.35. The number of hydrogen-bond acceptors (Lipinski definition) is 6. The van der Waals surface area contributed by atoms with E-state index in [0.717, 1.165) is 0 Å². The van der Waals surface area contributed by atoms with Crippen LogP contribution in [0.3, 0.4) is 0 Å². The van der Waals surface area contributed by atoms with E-state index in [1.807, 2.05) is 0 Å². The van der Waals surface area contributed by atoms with Crippen LogP contribution in [0, 0.1) is 0 Å². The van der Waals surface area contributed by atoms with E-state index in [1.165, 1.54) is 12.6 Å². The fourth-order valence-corrected chi connectivity index (χ4v) is 2.41. The van der Waals surface area contributed by atoms with Gasteiger partial charge in [-0.1, -0.05) is 17.3 Å². The van der Waals surface area contributed by atoms with Crippen LogP contribution in [0.2, 0.25) is 0 Å². The number of rotatable bonds is 5. The average molecular weight is 267 g/mol. The highest BCUT2D eigenvalue weighted by Gasteiger charge is 2.12. The molecule has 0 unspecified atom stereocenters. The summed E-state index contributed by atoms with van der Waals surface area (Å²) in [7, 11) is -3.23. The van der Waals surface area contributed by atoms with Crippen molar-refractivity contribution in [3.05, 3.63) is 36.5 Å². The second kappa shape index (κ2) is 5.18. The molecular formula is C11H13N3O3S. The molecule has 0 atom stereocenters. The minimum Gasteiger partial charge on any atom is -0.383 e. The normalized spacial score (nSPS) is 11.4. The Bertz CT molecular complexity index is 608. The molecular weight excluding hydrogens is 254 g/mol. The SMILES string of the molecule is CS(=O)(=O)c1ccccc1NCCc1ncno1. The van der Waals surface area contributed by atoms with E-state index in [9.17, 15) is 8.42 Å². The number of hydrogen-bond donors (Lipinski definition) is 1. The van der Waals surface area contributed by atoms with Gasteiger partial charge >= 0.3 is 0 Å². The van der Waals surface area contributed by atoms with E-state index >= 15 is 0 Å². The number of anilines is 1. The van der Waals surface area contributed by atoms with Crippen molar-refractivity contribution < 1.29 is 12.9 Å². The van der Waals surface area contributed by atoms with E-state index in [1.54, 1.807) is 24.3 Å². The molecule has 96 valence electrons. The molecule has 2 aromatic rings. The molecule has 6 nitrogen and oxygen atoms in total. The number of benzene rings is 1. The maximum absolute atomic E-state index is 11.6. The third-order valence-corrected chi connectivity index (χ3v) is 3.50. The van der Waals surface area contributed by atoms with Crippen LogP contribution in [0.25, 0.3) is 0 Å². The summed E-state index contributed by atoms with van der Waals surface area (Å²) in [5, 5.41) is 6.55. The molecule has 0 radical (unpaired) electrons. The van der Waals surface area contributed by atoms with Gasteiger partial charge in [-0.15, -0.1) is 0 Å². The molecule has 1 aromatic carbocycles. The zero-order chi connectivity index (χ0) is 13.0. The molecule has 0 saturated carbocycles. The molecule has 18 heavy (non-hydrogen) atoms. The molecule has 1 N–H and O–H groups in total. The summed E-state index contributed by atoms with van der Waals surface area (Å²) >= 11 is 0. The largest absolute Gasteiger partial charge is 0.383 e. The summed E-state index contributed by atoms with van der Waals surface area (Å²) in [6, 6.07) is 6.78. The quantitative estimate of drug-likeness (QED) is 0.874. The van der Waals surface area contributed by atoms with Gasteiger partial charge in [-0.2, -0.15) is 4.98 Å². The van der Waals surface area contributed by atoms with Crippen molar-refractivity contribution in [2.24, 2.45) is 0 Å². The van der Waals surface area contributed by atoms with Crippen LogP contribution in [0.1, 0.15) is 5.89 Å². The van der Waals surface area contributed by atoms with E-state index in [-0.39, 0.29) is 4.90 Å². The van der Waals surface area contributed by atoms with Crippen LogP contribution >= 0.6 is 0 Å². The van der Waals surface area contributed by atoms with Crippen LogP contribution in [0.5, 0.6) is 0 Å². The first-order valence-corrected chi connectivity index (χ1v) is 7.25. The molecule has 1 aromatic heterocycles. The Balaban J connectivity index is 2.06. The summed E-state index contributed by atoms with van der Waals surface area (Å²) in [6.07, 6.45) is 3.06. The molecule has 0 aliphatic rings. The minimum absolute atomic E-state index is 0.288. The molecule has 0 aliphatic heterocycles. The average Bonchev–Trinajstić information content (AvgIpc) is 2.81. The fourth-order valence-electron chi connectivity index (χ4n) is 1.55. The smallest absolute Gasteiger partial charge is 0.228 e. The zero-order valence-corrected chi connectivity index (χ0v) is 10.6. The maximum atomic E-state index is 11.6. The predicted octanol–water partition coefficient (Wildman–Crippen LogP) is 1.13. The van der Waals surface area contributed by atoms with Crippen molar-refractivity contribution in [1.82, 2.24) is 10.1 Å². The Labute approximate surface area is 105 Å². The lowest BCUT2D eigenvalue weighted by Gasteiger charge is -2.09. The van der Waals surface area contributed by atoms with Crippen molar-refractivity contribution in [1.29, 1.82) is 0 Å². The Kier molecular flexibility index (Phi) is 3.61. The van der Waals surface area contributed by atoms with Gasteiger partial charge in [0.05, 0.1) is 10.6 Å². The van der Waals surface area contributed by atoms with Gasteiger partial charge in [0.1, 0.15) is 0 Å². The zero-order valence-electron chi connectivity index (χ0n) is 9.83. The van der Waals surface area contributed by atoms with Crippen LogP contribution in [0.4, 0.5) is 5.69 Å².